The van der Waals surface area contributed by atoms with Crippen LogP contribution in [0, 0.1) is 17.2 Å². The van der Waals surface area contributed by atoms with Crippen molar-refractivity contribution in [3.8, 4) is 17.7 Å². The molecule has 0 spiro atoms. The number of hydrogen-bond donors (Lipinski definition) is 1. The van der Waals surface area contributed by atoms with Crippen molar-refractivity contribution in [1.82, 2.24) is 20.1 Å². The Labute approximate surface area is 295 Å². The lowest BCUT2D eigenvalue weighted by atomic mass is 9.86. The van der Waals surface area contributed by atoms with Crippen molar-refractivity contribution in [3.05, 3.63) is 71.3 Å². The van der Waals surface area contributed by atoms with E-state index in [9.17, 15) is 28.0 Å². The molecule has 1 aliphatic carbocycles. The number of nitrogens with zero attached hydrogens (tertiary/aromatic N) is 5. The maximum Gasteiger partial charge on any atom is 0.426 e. The SMILES string of the molecule is CC(C)(C)OC(=O)Nc1cc(C(F)(F)F)c2nc1-c1nnc(o1)[C@@](OCc1ccccc1)(C(F)(F)F)C/C=C/CCN(C1CCC(C#N)CC1)C2=O. The molecule has 3 heterocycles. The first-order chi connectivity index (χ1) is 24.4. The number of halogens is 6. The van der Waals surface area contributed by atoms with Crippen molar-refractivity contribution < 1.29 is 49.8 Å². The molecule has 0 saturated heterocycles. The second-order valence-corrected chi connectivity index (χ2v) is 13.5. The number of benzene rings is 1. The number of nitrogens with one attached hydrogen (secondary N) is 1. The maximum absolute atomic E-state index is 15.2. The van der Waals surface area contributed by atoms with Crippen LogP contribution in [0.15, 0.2) is 53.0 Å². The van der Waals surface area contributed by atoms with E-state index in [0.29, 0.717) is 37.3 Å². The summed E-state index contributed by atoms with van der Waals surface area (Å²) < 4.78 is 106. The molecule has 0 radical (unpaired) electrons. The summed E-state index contributed by atoms with van der Waals surface area (Å²) in [5.41, 5.74) is -7.98. The molecule has 2 amide bonds. The van der Waals surface area contributed by atoms with Crippen LogP contribution < -0.4 is 5.32 Å². The fourth-order valence-electron chi connectivity index (χ4n) is 6.04. The van der Waals surface area contributed by atoms with Crippen molar-refractivity contribution in [2.45, 2.75) is 95.5 Å². The summed E-state index contributed by atoms with van der Waals surface area (Å²) in [5, 5.41) is 18.9. The number of amides is 2. The monoisotopic (exact) mass is 734 g/mol. The largest absolute Gasteiger partial charge is 0.444 e. The second kappa shape index (κ2) is 14.9. The van der Waals surface area contributed by atoms with Crippen LogP contribution in [0.4, 0.5) is 36.8 Å². The number of fused-ring (bicyclic) bond motifs is 5. The van der Waals surface area contributed by atoms with Crippen LogP contribution in [0.5, 0.6) is 0 Å². The van der Waals surface area contributed by atoms with Crippen LogP contribution in [0.2, 0.25) is 0 Å². The molecule has 0 unspecified atom stereocenters. The Hall–Kier alpha value is -4.98. The zero-order valence-corrected chi connectivity index (χ0v) is 28.5. The first kappa shape index (κ1) is 38.3. The summed E-state index contributed by atoms with van der Waals surface area (Å²) in [6, 6.07) is 10.0. The molecule has 1 N–H and O–H groups in total. The highest BCUT2D eigenvalue weighted by atomic mass is 19.4. The highest BCUT2D eigenvalue weighted by Gasteiger charge is 2.61. The molecule has 1 fully saturated rings. The van der Waals surface area contributed by atoms with E-state index in [1.54, 1.807) is 30.3 Å². The standard InChI is InChI=1S/C35H36F6N6O5/c1-32(2,3)52-31(49)43-25-18-24(34(36,37)38)26-29(48)47(23-14-12-21(19-42)13-15-23)17-9-5-8-16-33(35(39,40)41,50-20-22-10-6-4-7-11-22)30-46-45-28(51-30)27(25)44-26/h4-8,10-11,18,21,23H,9,12-17,20H2,1-3H3,(H,43,49)/b8-5+/t21?,23?,33-/m1/s1. The molecule has 4 bridgehead atoms. The molecule has 5 rings (SSSR count). The van der Waals surface area contributed by atoms with Gasteiger partial charge >= 0.3 is 18.4 Å². The van der Waals surface area contributed by atoms with Gasteiger partial charge in [0.05, 0.1) is 23.9 Å². The van der Waals surface area contributed by atoms with Crippen LogP contribution in [0.3, 0.4) is 0 Å². The fourth-order valence-corrected chi connectivity index (χ4v) is 6.04. The fraction of sp³-hybridized carbons (Fsp3) is 0.486. The molecule has 278 valence electrons. The zero-order valence-electron chi connectivity index (χ0n) is 28.5. The summed E-state index contributed by atoms with van der Waals surface area (Å²) in [7, 11) is 0. The lowest BCUT2D eigenvalue weighted by molar-refractivity contribution is -0.295. The quantitative estimate of drug-likeness (QED) is 0.202. The van der Waals surface area contributed by atoms with Gasteiger partial charge in [0, 0.05) is 24.9 Å². The van der Waals surface area contributed by atoms with Gasteiger partial charge in [0.25, 0.3) is 17.7 Å². The maximum atomic E-state index is 15.2. The summed E-state index contributed by atoms with van der Waals surface area (Å²) in [6.45, 7) is 3.80. The topological polar surface area (TPSA) is 143 Å². The van der Waals surface area contributed by atoms with Crippen molar-refractivity contribution in [2.24, 2.45) is 5.92 Å². The minimum atomic E-state index is -5.19. The van der Waals surface area contributed by atoms with Crippen LogP contribution in [-0.2, 0) is 27.9 Å². The summed E-state index contributed by atoms with van der Waals surface area (Å²) >= 11 is 0. The summed E-state index contributed by atoms with van der Waals surface area (Å²) in [4.78, 5) is 32.2. The smallest absolute Gasteiger partial charge is 0.426 e. The highest BCUT2D eigenvalue weighted by Crippen LogP contribution is 2.47. The number of nitriles is 1. The van der Waals surface area contributed by atoms with Crippen LogP contribution in [0.1, 0.15) is 86.8 Å². The zero-order chi connectivity index (χ0) is 37.9. The summed E-state index contributed by atoms with van der Waals surface area (Å²) in [6.07, 6.45) is -8.53. The lowest BCUT2D eigenvalue weighted by Crippen LogP contribution is -2.45. The molecule has 2 aromatic heterocycles. The Morgan fingerprint density at radius 3 is 2.35 bits per heavy atom. The third-order valence-electron chi connectivity index (χ3n) is 8.61. The van der Waals surface area contributed by atoms with Gasteiger partial charge in [0.15, 0.2) is 5.69 Å². The first-order valence-electron chi connectivity index (χ1n) is 16.5. The molecule has 1 aromatic carbocycles. The van der Waals surface area contributed by atoms with Crippen LogP contribution in [0.25, 0.3) is 11.6 Å². The third-order valence-corrected chi connectivity index (χ3v) is 8.61. The van der Waals surface area contributed by atoms with E-state index >= 15 is 13.2 Å². The van der Waals surface area contributed by atoms with Crippen LogP contribution >= 0.6 is 0 Å². The van der Waals surface area contributed by atoms with Gasteiger partial charge < -0.3 is 18.8 Å². The van der Waals surface area contributed by atoms with Crippen molar-refractivity contribution in [1.29, 1.82) is 5.26 Å². The Morgan fingerprint density at radius 2 is 1.73 bits per heavy atom. The molecule has 11 nitrogen and oxygen atoms in total. The number of anilines is 1. The van der Waals surface area contributed by atoms with Gasteiger partial charge in [-0.15, -0.1) is 10.2 Å². The number of hydrogen-bond acceptors (Lipinski definition) is 9. The minimum Gasteiger partial charge on any atom is -0.444 e. The van der Waals surface area contributed by atoms with Gasteiger partial charge in [0.1, 0.15) is 11.3 Å². The molecular formula is C35H36F6N6O5. The van der Waals surface area contributed by atoms with E-state index < -0.39 is 89.0 Å². The van der Waals surface area contributed by atoms with E-state index in [4.69, 9.17) is 13.9 Å². The van der Waals surface area contributed by atoms with Gasteiger partial charge in [-0.05, 0) is 64.5 Å². The van der Waals surface area contributed by atoms with Crippen LogP contribution in [-0.4, -0.2) is 56.4 Å². The third kappa shape index (κ3) is 8.55. The molecule has 1 atom stereocenters. The highest BCUT2D eigenvalue weighted by molar-refractivity contribution is 5.97. The molecule has 2 aliphatic rings. The number of carbonyl (C=O) groups excluding carboxylic acids is 2. The molecule has 1 aliphatic heterocycles. The molecule has 3 aromatic rings. The Bertz CT molecular complexity index is 1820. The predicted molar refractivity (Wildman–Crippen MR) is 172 cm³/mol. The number of aromatic nitrogens is 3. The van der Waals surface area contributed by atoms with Gasteiger partial charge in [-0.2, -0.15) is 31.6 Å². The van der Waals surface area contributed by atoms with Gasteiger partial charge in [0.2, 0.25) is 5.60 Å². The molecular weight excluding hydrogens is 698 g/mol. The average Bonchev–Trinajstić information content (AvgIpc) is 3.56. The second-order valence-electron chi connectivity index (χ2n) is 13.5. The van der Waals surface area contributed by atoms with E-state index in [1.807, 2.05) is 0 Å². The van der Waals surface area contributed by atoms with Gasteiger partial charge in [-0.1, -0.05) is 42.5 Å². The minimum absolute atomic E-state index is 0.0435. The molecule has 17 heteroatoms. The average molecular weight is 735 g/mol. The lowest BCUT2D eigenvalue weighted by Gasteiger charge is -2.36. The van der Waals surface area contributed by atoms with E-state index in [2.05, 4.69) is 26.6 Å². The van der Waals surface area contributed by atoms with E-state index in [0.717, 1.165) is 0 Å². The van der Waals surface area contributed by atoms with Crippen molar-refractivity contribution in [2.75, 3.05) is 11.9 Å². The number of pyridine rings is 1. The number of alkyl halides is 6. The molecule has 1 saturated carbocycles. The normalized spacial score (nSPS) is 22.2. The van der Waals surface area contributed by atoms with Gasteiger partial charge in [-0.3, -0.25) is 10.1 Å². The van der Waals surface area contributed by atoms with Crippen molar-refractivity contribution >= 4 is 17.7 Å². The summed E-state index contributed by atoms with van der Waals surface area (Å²) in [5.74, 6) is -3.32. The van der Waals surface area contributed by atoms with E-state index in [-0.39, 0.29) is 18.9 Å². The number of ether oxygens (including phenoxy) is 2. The van der Waals surface area contributed by atoms with Gasteiger partial charge in [-0.25, -0.2) is 9.78 Å². The number of rotatable bonds is 5. The van der Waals surface area contributed by atoms with E-state index in [1.165, 1.54) is 37.8 Å². The molecule has 52 heavy (non-hydrogen) atoms. The first-order valence-corrected chi connectivity index (χ1v) is 16.5. The predicted octanol–water partition coefficient (Wildman–Crippen LogP) is 8.35. The van der Waals surface area contributed by atoms with Crippen molar-refractivity contribution in [3.63, 3.8) is 0 Å². The Kier molecular flexibility index (Phi) is 11.0. The Morgan fingerprint density at radius 1 is 1.04 bits per heavy atom. The Balaban J connectivity index is 1.71. The number of carbonyl (C=O) groups is 2.